The topological polar surface area (TPSA) is 54.3 Å². The van der Waals surface area contributed by atoms with Gasteiger partial charge in [-0.25, -0.2) is 0 Å². The van der Waals surface area contributed by atoms with E-state index in [2.05, 4.69) is 18.3 Å². The van der Waals surface area contributed by atoms with Crippen LogP contribution in [0.25, 0.3) is 0 Å². The largest absolute Gasteiger partial charge is 0.497 e. The minimum Gasteiger partial charge on any atom is -0.497 e. The lowest BCUT2D eigenvalue weighted by Crippen LogP contribution is -2.47. The highest BCUT2D eigenvalue weighted by Crippen LogP contribution is 2.37. The van der Waals surface area contributed by atoms with Crippen molar-refractivity contribution in [3.05, 3.63) is 24.3 Å². The van der Waals surface area contributed by atoms with E-state index in [9.17, 15) is 5.26 Å². The summed E-state index contributed by atoms with van der Waals surface area (Å²) in [5, 5.41) is 12.9. The first kappa shape index (κ1) is 15.7. The smallest absolute Gasteiger partial charge is 0.119 e. The average molecular weight is 288 g/mol. The van der Waals surface area contributed by atoms with E-state index >= 15 is 0 Å². The SMILES string of the molecule is CCNC1(C#N)CCCC1CCOc1ccc(OC)cc1. The van der Waals surface area contributed by atoms with Gasteiger partial charge < -0.3 is 9.47 Å². The van der Waals surface area contributed by atoms with Crippen molar-refractivity contribution < 1.29 is 9.47 Å². The number of hydrogen-bond acceptors (Lipinski definition) is 4. The van der Waals surface area contributed by atoms with Gasteiger partial charge in [0.25, 0.3) is 0 Å². The number of ether oxygens (including phenoxy) is 2. The van der Waals surface area contributed by atoms with Crippen molar-refractivity contribution in [3.8, 4) is 17.6 Å². The molecule has 0 aliphatic heterocycles. The molecular formula is C17H24N2O2. The number of methoxy groups -OCH3 is 1. The number of benzene rings is 1. The van der Waals surface area contributed by atoms with Gasteiger partial charge in [0.15, 0.2) is 0 Å². The lowest BCUT2D eigenvalue weighted by Gasteiger charge is -2.29. The molecule has 4 nitrogen and oxygen atoms in total. The second kappa shape index (κ2) is 7.33. The van der Waals surface area contributed by atoms with Crippen molar-refractivity contribution in [2.45, 2.75) is 38.1 Å². The number of nitrogens with one attached hydrogen (secondary N) is 1. The van der Waals surface area contributed by atoms with Gasteiger partial charge in [-0.15, -0.1) is 0 Å². The predicted molar refractivity (Wildman–Crippen MR) is 82.5 cm³/mol. The molecule has 0 bridgehead atoms. The van der Waals surface area contributed by atoms with Crippen LogP contribution < -0.4 is 14.8 Å². The number of hydrogen-bond donors (Lipinski definition) is 1. The van der Waals surface area contributed by atoms with E-state index in [0.29, 0.717) is 12.5 Å². The third kappa shape index (κ3) is 3.68. The molecule has 2 unspecified atom stereocenters. The Hall–Kier alpha value is -1.73. The maximum absolute atomic E-state index is 9.52. The molecule has 1 aromatic rings. The van der Waals surface area contributed by atoms with E-state index in [1.54, 1.807) is 7.11 Å². The molecule has 0 radical (unpaired) electrons. The van der Waals surface area contributed by atoms with Crippen LogP contribution in [-0.4, -0.2) is 25.8 Å². The molecule has 1 fully saturated rings. The van der Waals surface area contributed by atoms with Crippen molar-refractivity contribution in [3.63, 3.8) is 0 Å². The number of nitriles is 1. The van der Waals surface area contributed by atoms with Crippen LogP contribution in [0.15, 0.2) is 24.3 Å². The molecular weight excluding hydrogens is 264 g/mol. The molecule has 1 N–H and O–H groups in total. The molecule has 1 aromatic carbocycles. The Bertz CT molecular complexity index is 481. The molecule has 4 heteroatoms. The molecule has 0 saturated heterocycles. The summed E-state index contributed by atoms with van der Waals surface area (Å²) in [6.07, 6.45) is 4.08. The molecule has 0 aromatic heterocycles. The van der Waals surface area contributed by atoms with Crippen molar-refractivity contribution >= 4 is 0 Å². The summed E-state index contributed by atoms with van der Waals surface area (Å²) in [5.41, 5.74) is -0.349. The fourth-order valence-electron chi connectivity index (χ4n) is 3.19. The molecule has 114 valence electrons. The highest BCUT2D eigenvalue weighted by Gasteiger charge is 2.42. The molecule has 0 heterocycles. The summed E-state index contributed by atoms with van der Waals surface area (Å²) in [4.78, 5) is 0. The third-order valence-electron chi connectivity index (χ3n) is 4.31. The zero-order chi connectivity index (χ0) is 15.1. The molecule has 0 spiro atoms. The summed E-state index contributed by atoms with van der Waals surface area (Å²) >= 11 is 0. The standard InChI is InChI=1S/C17H24N2O2/c1-3-19-17(13-18)11-4-5-14(17)10-12-21-16-8-6-15(20-2)7-9-16/h6-9,14,19H,3-5,10-12H2,1-2H3. The molecule has 1 saturated carbocycles. The van der Waals surface area contributed by atoms with Gasteiger partial charge in [0.1, 0.15) is 17.0 Å². The summed E-state index contributed by atoms with van der Waals surface area (Å²) in [6.45, 7) is 3.54. The Labute approximate surface area is 127 Å². The molecule has 21 heavy (non-hydrogen) atoms. The van der Waals surface area contributed by atoms with Gasteiger partial charge in [0.2, 0.25) is 0 Å². The van der Waals surface area contributed by atoms with E-state index < -0.39 is 0 Å². The van der Waals surface area contributed by atoms with Crippen molar-refractivity contribution in [2.24, 2.45) is 5.92 Å². The molecule has 2 atom stereocenters. The Kier molecular flexibility index (Phi) is 5.46. The maximum atomic E-state index is 9.52. The highest BCUT2D eigenvalue weighted by atomic mass is 16.5. The van der Waals surface area contributed by atoms with Crippen LogP contribution in [0.3, 0.4) is 0 Å². The summed E-state index contributed by atoms with van der Waals surface area (Å²) in [6, 6.07) is 10.1. The zero-order valence-corrected chi connectivity index (χ0v) is 12.9. The summed E-state index contributed by atoms with van der Waals surface area (Å²) in [5.74, 6) is 2.05. The van der Waals surface area contributed by atoms with Crippen LogP contribution in [0.1, 0.15) is 32.6 Å². The first-order valence-electron chi connectivity index (χ1n) is 7.67. The second-order valence-electron chi connectivity index (χ2n) is 5.52. The summed E-state index contributed by atoms with van der Waals surface area (Å²) < 4.78 is 10.9. The van der Waals surface area contributed by atoms with Crippen LogP contribution in [0.5, 0.6) is 11.5 Å². The number of rotatable bonds is 7. The van der Waals surface area contributed by atoms with Crippen LogP contribution >= 0.6 is 0 Å². The fraction of sp³-hybridized carbons (Fsp3) is 0.588. The van der Waals surface area contributed by atoms with Gasteiger partial charge in [-0.05, 0) is 56.0 Å². The monoisotopic (exact) mass is 288 g/mol. The van der Waals surface area contributed by atoms with Crippen molar-refractivity contribution in [2.75, 3.05) is 20.3 Å². The van der Waals surface area contributed by atoms with Gasteiger partial charge in [-0.3, -0.25) is 5.32 Å². The summed E-state index contributed by atoms with van der Waals surface area (Å²) in [7, 11) is 1.65. The van der Waals surface area contributed by atoms with Gasteiger partial charge in [-0.2, -0.15) is 5.26 Å². The van der Waals surface area contributed by atoms with E-state index in [4.69, 9.17) is 9.47 Å². The minimum atomic E-state index is -0.349. The molecule has 2 rings (SSSR count). The van der Waals surface area contributed by atoms with Gasteiger partial charge in [0.05, 0.1) is 19.8 Å². The Morgan fingerprint density at radius 2 is 2.05 bits per heavy atom. The minimum absolute atomic E-state index is 0.349. The normalized spacial score (nSPS) is 24.5. The Balaban J connectivity index is 1.86. The third-order valence-corrected chi connectivity index (χ3v) is 4.31. The fourth-order valence-corrected chi connectivity index (χ4v) is 3.19. The van der Waals surface area contributed by atoms with E-state index in [1.807, 2.05) is 24.3 Å². The lowest BCUT2D eigenvalue weighted by atomic mass is 9.86. The van der Waals surface area contributed by atoms with E-state index in [1.165, 1.54) is 0 Å². The highest BCUT2D eigenvalue weighted by molar-refractivity contribution is 5.31. The predicted octanol–water partition coefficient (Wildman–Crippen LogP) is 3.14. The van der Waals surface area contributed by atoms with Crippen LogP contribution in [0, 0.1) is 17.2 Å². The van der Waals surface area contributed by atoms with Crippen LogP contribution in [0.2, 0.25) is 0 Å². The van der Waals surface area contributed by atoms with Crippen LogP contribution in [-0.2, 0) is 0 Å². The Morgan fingerprint density at radius 1 is 1.33 bits per heavy atom. The van der Waals surface area contributed by atoms with Gasteiger partial charge >= 0.3 is 0 Å². The molecule has 0 amide bonds. The Morgan fingerprint density at radius 3 is 2.67 bits per heavy atom. The molecule has 1 aliphatic carbocycles. The van der Waals surface area contributed by atoms with E-state index in [-0.39, 0.29) is 5.54 Å². The van der Waals surface area contributed by atoms with Gasteiger partial charge in [-0.1, -0.05) is 13.3 Å². The maximum Gasteiger partial charge on any atom is 0.119 e. The molecule has 1 aliphatic rings. The van der Waals surface area contributed by atoms with Gasteiger partial charge in [0, 0.05) is 0 Å². The van der Waals surface area contributed by atoms with E-state index in [0.717, 1.165) is 43.7 Å². The first-order valence-corrected chi connectivity index (χ1v) is 7.67. The lowest BCUT2D eigenvalue weighted by molar-refractivity contribution is 0.234. The zero-order valence-electron chi connectivity index (χ0n) is 12.9. The van der Waals surface area contributed by atoms with Crippen LogP contribution in [0.4, 0.5) is 0 Å². The second-order valence-corrected chi connectivity index (χ2v) is 5.52. The quantitative estimate of drug-likeness (QED) is 0.837. The average Bonchev–Trinajstić information content (AvgIpc) is 2.92. The van der Waals surface area contributed by atoms with Crippen molar-refractivity contribution in [1.82, 2.24) is 5.32 Å². The van der Waals surface area contributed by atoms with Crippen molar-refractivity contribution in [1.29, 1.82) is 5.26 Å². The number of nitrogens with zero attached hydrogens (tertiary/aromatic N) is 1. The first-order chi connectivity index (χ1) is 10.2.